The number of hydrogen-bond acceptors (Lipinski definition) is 4. The molecule has 5 nitrogen and oxygen atoms in total. The number of nitrogens with zero attached hydrogens (tertiary/aromatic N) is 1. The summed E-state index contributed by atoms with van der Waals surface area (Å²) in [6.07, 6.45) is 4.07. The highest BCUT2D eigenvalue weighted by atomic mass is 16.6. The molecular formula is C16H17NO4. The van der Waals surface area contributed by atoms with Crippen molar-refractivity contribution in [2.45, 2.75) is 26.7 Å². The highest BCUT2D eigenvalue weighted by Crippen LogP contribution is 2.67. The Balaban J connectivity index is 1.67. The maximum atomic E-state index is 12.1. The zero-order valence-corrected chi connectivity index (χ0v) is 12.0. The van der Waals surface area contributed by atoms with Gasteiger partial charge in [-0.1, -0.05) is 13.8 Å². The molecule has 0 aromatic heterocycles. The Hall–Kier alpha value is -2.17. The molecule has 1 saturated carbocycles. The number of carbonyl (C=O) groups is 1. The van der Waals surface area contributed by atoms with Crippen LogP contribution in [0.15, 0.2) is 36.1 Å². The molecule has 0 heterocycles. The van der Waals surface area contributed by atoms with Crippen molar-refractivity contribution in [2.75, 3.05) is 0 Å². The van der Waals surface area contributed by atoms with Crippen LogP contribution in [0.5, 0.6) is 0 Å². The fourth-order valence-electron chi connectivity index (χ4n) is 3.24. The van der Waals surface area contributed by atoms with Crippen LogP contribution in [0.2, 0.25) is 0 Å². The largest absolute Gasteiger partial charge is 0.427 e. The summed E-state index contributed by atoms with van der Waals surface area (Å²) < 4.78 is 5.48. The minimum Gasteiger partial charge on any atom is -0.427 e. The molecule has 2 aliphatic rings. The number of carbonyl (C=O) groups excluding carboxylic acids is 1. The summed E-state index contributed by atoms with van der Waals surface area (Å²) in [5.41, 5.74) is 0.599. The number of non-ortho nitro benzene ring substituents is 1. The van der Waals surface area contributed by atoms with Gasteiger partial charge < -0.3 is 4.74 Å². The lowest BCUT2D eigenvalue weighted by molar-refractivity contribution is -0.384. The fraction of sp³-hybridized carbons (Fsp3) is 0.438. The molecule has 0 aliphatic heterocycles. The Morgan fingerprint density at radius 3 is 2.52 bits per heavy atom. The highest BCUT2D eigenvalue weighted by molar-refractivity contribution is 5.90. The maximum absolute atomic E-state index is 12.1. The third kappa shape index (κ3) is 2.22. The summed E-state index contributed by atoms with van der Waals surface area (Å²) in [5, 5.41) is 10.6. The van der Waals surface area contributed by atoms with Crippen LogP contribution in [0, 0.1) is 27.4 Å². The lowest BCUT2D eigenvalue weighted by Crippen LogP contribution is -2.10. The van der Waals surface area contributed by atoms with E-state index in [0.29, 0.717) is 22.8 Å². The molecule has 2 atom stereocenters. The first-order valence-electron chi connectivity index (χ1n) is 7.11. The molecule has 1 aromatic rings. The third-order valence-electron chi connectivity index (χ3n) is 4.82. The Bertz CT molecular complexity index is 632. The molecule has 0 radical (unpaired) electrons. The lowest BCUT2D eigenvalue weighted by atomic mass is 9.90. The molecule has 0 bridgehead atoms. The van der Waals surface area contributed by atoms with Crippen molar-refractivity contribution in [2.24, 2.45) is 17.3 Å². The molecule has 5 heteroatoms. The Morgan fingerprint density at radius 1 is 1.38 bits per heavy atom. The number of hydrogen-bond donors (Lipinski definition) is 0. The van der Waals surface area contributed by atoms with E-state index in [1.54, 1.807) is 0 Å². The molecule has 2 aliphatic carbocycles. The molecule has 0 saturated heterocycles. The average molecular weight is 287 g/mol. The van der Waals surface area contributed by atoms with Crippen LogP contribution < -0.4 is 0 Å². The van der Waals surface area contributed by atoms with Gasteiger partial charge in [-0.05, 0) is 42.4 Å². The first-order chi connectivity index (χ1) is 9.94. The van der Waals surface area contributed by atoms with Crippen LogP contribution in [0.3, 0.4) is 0 Å². The van der Waals surface area contributed by atoms with E-state index in [1.807, 2.05) is 6.08 Å². The topological polar surface area (TPSA) is 69.4 Å². The molecule has 1 aromatic carbocycles. The van der Waals surface area contributed by atoms with Crippen LogP contribution in [0.25, 0.3) is 0 Å². The van der Waals surface area contributed by atoms with Gasteiger partial charge in [-0.3, -0.25) is 10.1 Å². The first-order valence-corrected chi connectivity index (χ1v) is 7.11. The Morgan fingerprint density at radius 2 is 2.05 bits per heavy atom. The molecular weight excluding hydrogens is 270 g/mol. The Kier molecular flexibility index (Phi) is 3.08. The number of fused-ring (bicyclic) bond motifs is 1. The summed E-state index contributed by atoms with van der Waals surface area (Å²) in [6.45, 7) is 4.41. The maximum Gasteiger partial charge on any atom is 0.343 e. The number of nitro benzene ring substituents is 1. The summed E-state index contributed by atoms with van der Waals surface area (Å²) in [4.78, 5) is 22.2. The molecule has 3 rings (SSSR count). The van der Waals surface area contributed by atoms with Crippen molar-refractivity contribution in [3.8, 4) is 0 Å². The van der Waals surface area contributed by atoms with Gasteiger partial charge in [0, 0.05) is 18.1 Å². The van der Waals surface area contributed by atoms with Crippen LogP contribution in [0.4, 0.5) is 5.69 Å². The minimum absolute atomic E-state index is 0.0346. The van der Waals surface area contributed by atoms with E-state index < -0.39 is 10.9 Å². The van der Waals surface area contributed by atoms with Crippen molar-refractivity contribution in [1.82, 2.24) is 0 Å². The predicted octanol–water partition coefficient (Wildman–Crippen LogP) is 3.70. The van der Waals surface area contributed by atoms with E-state index in [0.717, 1.165) is 18.6 Å². The standard InChI is InChI=1S/C16H17NO4/c1-10(2)16-8-7-14(13(16)9-16)21-15(18)11-3-5-12(6-4-11)17(19)20/h3-7,10,13H,8-9H2,1-2H3/t13-,16-/m1/s1. The Labute approximate surface area is 122 Å². The van der Waals surface area contributed by atoms with Gasteiger partial charge >= 0.3 is 5.97 Å². The number of nitro groups is 1. The van der Waals surface area contributed by atoms with E-state index in [9.17, 15) is 14.9 Å². The van der Waals surface area contributed by atoms with Gasteiger partial charge in [0.1, 0.15) is 5.76 Å². The smallest absolute Gasteiger partial charge is 0.343 e. The number of esters is 1. The van der Waals surface area contributed by atoms with Crippen molar-refractivity contribution < 1.29 is 14.5 Å². The van der Waals surface area contributed by atoms with Crippen LogP contribution in [0.1, 0.15) is 37.0 Å². The quantitative estimate of drug-likeness (QED) is 0.481. The van der Waals surface area contributed by atoms with Crippen LogP contribution in [-0.4, -0.2) is 10.9 Å². The van der Waals surface area contributed by atoms with Gasteiger partial charge in [0.25, 0.3) is 5.69 Å². The first kappa shape index (κ1) is 13.8. The molecule has 0 spiro atoms. The average Bonchev–Trinajstić information content (AvgIpc) is 3.11. The van der Waals surface area contributed by atoms with Crippen molar-refractivity contribution in [3.05, 3.63) is 51.8 Å². The monoisotopic (exact) mass is 287 g/mol. The predicted molar refractivity (Wildman–Crippen MR) is 76.6 cm³/mol. The zero-order chi connectivity index (χ0) is 15.2. The van der Waals surface area contributed by atoms with E-state index in [-0.39, 0.29) is 5.69 Å². The second-order valence-corrected chi connectivity index (χ2v) is 6.15. The molecule has 21 heavy (non-hydrogen) atoms. The molecule has 0 amide bonds. The van der Waals surface area contributed by atoms with Gasteiger partial charge in [-0.2, -0.15) is 0 Å². The normalized spacial score (nSPS) is 26.2. The van der Waals surface area contributed by atoms with Gasteiger partial charge in [-0.25, -0.2) is 4.79 Å². The number of ether oxygens (including phenoxy) is 1. The number of rotatable bonds is 4. The second kappa shape index (κ2) is 4.69. The van der Waals surface area contributed by atoms with Crippen LogP contribution in [-0.2, 0) is 4.74 Å². The second-order valence-electron chi connectivity index (χ2n) is 6.15. The van der Waals surface area contributed by atoms with Crippen molar-refractivity contribution >= 4 is 11.7 Å². The van der Waals surface area contributed by atoms with Crippen LogP contribution >= 0.6 is 0 Å². The van der Waals surface area contributed by atoms with Crippen molar-refractivity contribution in [1.29, 1.82) is 0 Å². The highest BCUT2D eigenvalue weighted by Gasteiger charge is 2.61. The van der Waals surface area contributed by atoms with Gasteiger partial charge in [0.05, 0.1) is 10.5 Å². The third-order valence-corrected chi connectivity index (χ3v) is 4.82. The summed E-state index contributed by atoms with van der Waals surface area (Å²) >= 11 is 0. The molecule has 1 fully saturated rings. The van der Waals surface area contributed by atoms with Crippen molar-refractivity contribution in [3.63, 3.8) is 0 Å². The molecule has 0 unspecified atom stereocenters. The zero-order valence-electron chi connectivity index (χ0n) is 12.0. The SMILES string of the molecule is CC(C)[C@]12CC=C(OC(=O)c3ccc([N+](=O)[O-])cc3)[C@H]1C2. The van der Waals surface area contributed by atoms with Gasteiger partial charge in [0.2, 0.25) is 0 Å². The van der Waals surface area contributed by atoms with E-state index in [1.165, 1.54) is 24.3 Å². The summed E-state index contributed by atoms with van der Waals surface area (Å²) in [5.74, 6) is 1.27. The van der Waals surface area contributed by atoms with E-state index in [4.69, 9.17) is 4.74 Å². The molecule has 110 valence electrons. The lowest BCUT2D eigenvalue weighted by Gasteiger charge is -2.15. The number of allylic oxidation sites excluding steroid dienone is 2. The summed E-state index contributed by atoms with van der Waals surface area (Å²) in [6, 6.07) is 5.49. The number of benzene rings is 1. The van der Waals surface area contributed by atoms with Gasteiger partial charge in [0.15, 0.2) is 0 Å². The van der Waals surface area contributed by atoms with E-state index in [2.05, 4.69) is 13.8 Å². The van der Waals surface area contributed by atoms with Gasteiger partial charge in [-0.15, -0.1) is 0 Å². The fourth-order valence-corrected chi connectivity index (χ4v) is 3.24. The van der Waals surface area contributed by atoms with E-state index >= 15 is 0 Å². The summed E-state index contributed by atoms with van der Waals surface area (Å²) in [7, 11) is 0. The minimum atomic E-state index is -0.490. The molecule has 0 N–H and O–H groups in total.